The molecule has 0 fully saturated rings. The van der Waals surface area contributed by atoms with Gasteiger partial charge in [-0.05, 0) is 51.4 Å². The summed E-state index contributed by atoms with van der Waals surface area (Å²) in [4.78, 5) is 24.5. The van der Waals surface area contributed by atoms with Crippen LogP contribution in [-0.4, -0.2) is 36.4 Å². The molecular weight excluding hydrogens is 849 g/mol. The summed E-state index contributed by atoms with van der Waals surface area (Å²) in [5.41, 5.74) is 0. The Morgan fingerprint density at radius 3 is 0.942 bits per heavy atom. The van der Waals surface area contributed by atoms with Gasteiger partial charge >= 0.3 is 11.9 Å². The Labute approximate surface area is 430 Å². The molecule has 0 aromatic heterocycles. The van der Waals surface area contributed by atoms with Crippen LogP contribution in [0.3, 0.4) is 0 Å². The summed E-state index contributed by atoms with van der Waals surface area (Å²) in [7, 11) is 0. The zero-order chi connectivity index (χ0) is 49.9. The molecule has 5 heteroatoms. The van der Waals surface area contributed by atoms with Gasteiger partial charge in [-0.1, -0.05) is 313 Å². The zero-order valence-corrected chi connectivity index (χ0v) is 46.3. The molecule has 0 radical (unpaired) electrons. The smallest absolute Gasteiger partial charge is 0.306 e. The maximum atomic E-state index is 12.3. The molecule has 0 aliphatic heterocycles. The summed E-state index contributed by atoms with van der Waals surface area (Å²) in [5, 5.41) is 9.67. The van der Waals surface area contributed by atoms with Gasteiger partial charge in [-0.3, -0.25) is 9.59 Å². The molecule has 0 amide bonds. The van der Waals surface area contributed by atoms with Crippen molar-refractivity contribution in [2.24, 2.45) is 0 Å². The lowest BCUT2D eigenvalue weighted by Gasteiger charge is -2.15. The van der Waals surface area contributed by atoms with Crippen LogP contribution in [0.1, 0.15) is 328 Å². The molecule has 1 unspecified atom stereocenters. The van der Waals surface area contributed by atoms with Crippen LogP contribution in [0.15, 0.2) is 48.6 Å². The lowest BCUT2D eigenvalue weighted by atomic mass is 10.0. The number of aliphatic hydroxyl groups excluding tert-OH is 1. The average molecular weight is 968 g/mol. The molecule has 0 saturated carbocycles. The van der Waals surface area contributed by atoms with Gasteiger partial charge in [-0.2, -0.15) is 0 Å². The van der Waals surface area contributed by atoms with Gasteiger partial charge < -0.3 is 14.6 Å². The Hall–Kier alpha value is -2.14. The van der Waals surface area contributed by atoms with Crippen molar-refractivity contribution in [2.45, 2.75) is 335 Å². The molecule has 69 heavy (non-hydrogen) atoms. The van der Waals surface area contributed by atoms with Gasteiger partial charge in [0.25, 0.3) is 0 Å². The first kappa shape index (κ1) is 66.9. The molecule has 0 rings (SSSR count). The fourth-order valence-corrected chi connectivity index (χ4v) is 9.32. The van der Waals surface area contributed by atoms with Crippen LogP contribution < -0.4 is 0 Å². The molecule has 0 aliphatic carbocycles. The van der Waals surface area contributed by atoms with E-state index in [9.17, 15) is 14.7 Å². The fraction of sp³-hybridized carbons (Fsp3) is 0.844. The van der Waals surface area contributed by atoms with Crippen molar-refractivity contribution in [3.63, 3.8) is 0 Å². The van der Waals surface area contributed by atoms with Gasteiger partial charge in [0.15, 0.2) is 6.10 Å². The third kappa shape index (κ3) is 58.3. The number of allylic oxidation sites excluding steroid dienone is 8. The normalized spacial score (nSPS) is 12.4. The molecule has 0 aliphatic rings. The topological polar surface area (TPSA) is 72.8 Å². The van der Waals surface area contributed by atoms with E-state index in [1.54, 1.807) is 0 Å². The minimum Gasteiger partial charge on any atom is -0.462 e. The third-order valence-corrected chi connectivity index (χ3v) is 13.9. The van der Waals surface area contributed by atoms with E-state index in [1.807, 2.05) is 0 Å². The molecule has 0 heterocycles. The summed E-state index contributed by atoms with van der Waals surface area (Å²) < 4.78 is 10.7. The fourth-order valence-electron chi connectivity index (χ4n) is 9.32. The molecule has 1 atom stereocenters. The molecule has 0 bridgehead atoms. The number of ether oxygens (including phenoxy) is 2. The Bertz CT molecular complexity index is 1140. The summed E-state index contributed by atoms with van der Waals surface area (Å²) in [5.74, 6) is -0.569. The van der Waals surface area contributed by atoms with Crippen molar-refractivity contribution < 1.29 is 24.2 Å². The van der Waals surface area contributed by atoms with Gasteiger partial charge in [0.1, 0.15) is 6.61 Å². The van der Waals surface area contributed by atoms with E-state index in [-0.39, 0.29) is 25.2 Å². The van der Waals surface area contributed by atoms with Crippen LogP contribution in [-0.2, 0) is 19.1 Å². The number of carbonyl (C=O) groups excluding carboxylic acids is 2. The van der Waals surface area contributed by atoms with Gasteiger partial charge in [0.2, 0.25) is 0 Å². The van der Waals surface area contributed by atoms with Gasteiger partial charge in [0.05, 0.1) is 6.61 Å². The highest BCUT2D eigenvalue weighted by atomic mass is 16.6. The van der Waals surface area contributed by atoms with Crippen LogP contribution in [0.5, 0.6) is 0 Å². The van der Waals surface area contributed by atoms with Crippen LogP contribution in [0.4, 0.5) is 0 Å². The molecule has 5 nitrogen and oxygen atoms in total. The average Bonchev–Trinajstić information content (AvgIpc) is 3.35. The highest BCUT2D eigenvalue weighted by Crippen LogP contribution is 2.18. The van der Waals surface area contributed by atoms with E-state index in [0.717, 1.165) is 57.8 Å². The lowest BCUT2D eigenvalue weighted by molar-refractivity contribution is -0.161. The molecule has 1 N–H and O–H groups in total. The minimum absolute atomic E-state index is 0.0592. The number of hydrogen-bond acceptors (Lipinski definition) is 5. The predicted octanol–water partition coefficient (Wildman–Crippen LogP) is 20.8. The number of esters is 2. The van der Waals surface area contributed by atoms with Crippen LogP contribution in [0, 0.1) is 0 Å². The van der Waals surface area contributed by atoms with Crippen molar-refractivity contribution in [1.29, 1.82) is 0 Å². The van der Waals surface area contributed by atoms with E-state index < -0.39 is 6.10 Å². The van der Waals surface area contributed by atoms with E-state index in [1.165, 1.54) is 244 Å². The van der Waals surface area contributed by atoms with Crippen molar-refractivity contribution in [1.82, 2.24) is 0 Å². The molecular formula is C64H118O5. The van der Waals surface area contributed by atoms with Gasteiger partial charge in [0, 0.05) is 12.8 Å². The Balaban J connectivity index is 3.40. The summed E-state index contributed by atoms with van der Waals surface area (Å²) in [6.07, 6.45) is 79.7. The largest absolute Gasteiger partial charge is 0.462 e. The molecule has 404 valence electrons. The summed E-state index contributed by atoms with van der Waals surface area (Å²) in [6, 6.07) is 0. The van der Waals surface area contributed by atoms with Gasteiger partial charge in [-0.15, -0.1) is 0 Å². The predicted molar refractivity (Wildman–Crippen MR) is 302 cm³/mol. The quantitative estimate of drug-likeness (QED) is 0.0373. The summed E-state index contributed by atoms with van der Waals surface area (Å²) >= 11 is 0. The lowest BCUT2D eigenvalue weighted by Crippen LogP contribution is -2.28. The number of carbonyl (C=O) groups is 2. The Morgan fingerprint density at radius 1 is 0.348 bits per heavy atom. The Kier molecular flexibility index (Phi) is 58.3. The summed E-state index contributed by atoms with van der Waals surface area (Å²) in [6.45, 7) is 4.08. The highest BCUT2D eigenvalue weighted by molar-refractivity contribution is 5.70. The van der Waals surface area contributed by atoms with Crippen molar-refractivity contribution in [3.05, 3.63) is 48.6 Å². The molecule has 0 spiro atoms. The molecule has 0 saturated heterocycles. The number of hydrogen-bond donors (Lipinski definition) is 1. The van der Waals surface area contributed by atoms with Crippen molar-refractivity contribution in [2.75, 3.05) is 13.2 Å². The van der Waals surface area contributed by atoms with E-state index in [4.69, 9.17) is 9.47 Å². The van der Waals surface area contributed by atoms with Crippen molar-refractivity contribution >= 4 is 11.9 Å². The van der Waals surface area contributed by atoms with E-state index >= 15 is 0 Å². The molecule has 0 aromatic carbocycles. The van der Waals surface area contributed by atoms with E-state index in [0.29, 0.717) is 12.8 Å². The third-order valence-electron chi connectivity index (χ3n) is 13.9. The molecule has 0 aromatic rings. The first-order valence-electron chi connectivity index (χ1n) is 30.7. The SMILES string of the molecule is CC/C=C\C/C=C\C/C=C\C/C=C\CCCCCCCCCCCCCCCCCCCCCCCCC(=O)OC(CO)COC(=O)CCCCCCCCCCCCCCCCCCCCCC. The van der Waals surface area contributed by atoms with Crippen molar-refractivity contribution in [3.8, 4) is 0 Å². The van der Waals surface area contributed by atoms with Crippen LogP contribution >= 0.6 is 0 Å². The zero-order valence-electron chi connectivity index (χ0n) is 46.3. The second-order valence-corrected chi connectivity index (χ2v) is 20.8. The number of unbranched alkanes of at least 4 members (excludes halogenated alkanes) is 41. The maximum Gasteiger partial charge on any atom is 0.306 e. The van der Waals surface area contributed by atoms with Gasteiger partial charge in [-0.25, -0.2) is 0 Å². The first-order chi connectivity index (χ1) is 34.1. The number of aliphatic hydroxyl groups is 1. The first-order valence-corrected chi connectivity index (χ1v) is 30.7. The second-order valence-electron chi connectivity index (χ2n) is 20.8. The monoisotopic (exact) mass is 967 g/mol. The van der Waals surface area contributed by atoms with E-state index in [2.05, 4.69) is 62.5 Å². The minimum atomic E-state index is -0.768. The Morgan fingerprint density at radius 2 is 0.623 bits per heavy atom. The number of rotatable bonds is 57. The maximum absolute atomic E-state index is 12.3. The second kappa shape index (κ2) is 60.2. The standard InChI is InChI=1S/C64H118O5/c1-3-5-7-9-11-13-15-17-19-21-23-25-26-27-28-29-30-31-32-33-34-35-36-37-38-39-41-43-45-47-49-51-53-55-57-59-64(67)69-62(60-65)61-68-63(66)58-56-54-52-50-48-46-44-42-40-24-22-20-18-16-14-12-10-8-6-4-2/h5,7,11,13,17,19,23,25,62,65H,3-4,6,8-10,12,14-16,18,20-22,24,26-61H2,1-2H3/b7-5-,13-11-,19-17-,25-23-. The van der Waals surface area contributed by atoms with Crippen LogP contribution in [0.25, 0.3) is 0 Å². The van der Waals surface area contributed by atoms with Crippen LogP contribution in [0.2, 0.25) is 0 Å². The highest BCUT2D eigenvalue weighted by Gasteiger charge is 2.16.